The van der Waals surface area contributed by atoms with E-state index in [-0.39, 0.29) is 11.5 Å². The van der Waals surface area contributed by atoms with Crippen LogP contribution in [0, 0.1) is 13.8 Å². The minimum atomic E-state index is -0.642. The maximum absolute atomic E-state index is 12.3. The molecular formula is C20H21NO5. The molecule has 0 saturated carbocycles. The number of esters is 1. The lowest BCUT2D eigenvalue weighted by Crippen LogP contribution is -2.14. The average Bonchev–Trinajstić information content (AvgIpc) is 2.92. The quantitative estimate of drug-likeness (QED) is 0.468. The molecule has 0 aliphatic rings. The van der Waals surface area contributed by atoms with Crippen molar-refractivity contribution in [3.05, 3.63) is 58.4 Å². The maximum Gasteiger partial charge on any atom is 0.331 e. The molecule has 0 aliphatic heterocycles. The second-order valence-corrected chi connectivity index (χ2v) is 5.79. The largest absolute Gasteiger partial charge is 0.496 e. The fourth-order valence-corrected chi connectivity index (χ4v) is 2.78. The third kappa shape index (κ3) is 4.27. The minimum Gasteiger partial charge on any atom is -0.496 e. The van der Waals surface area contributed by atoms with Crippen LogP contribution in [-0.4, -0.2) is 36.2 Å². The number of carbonyl (C=O) groups excluding carboxylic acids is 3. The van der Waals surface area contributed by atoms with E-state index in [1.165, 1.54) is 13.0 Å². The molecule has 1 aromatic heterocycles. The molecule has 0 spiro atoms. The third-order valence-corrected chi connectivity index (χ3v) is 3.95. The number of hydrogen-bond acceptors (Lipinski definition) is 5. The van der Waals surface area contributed by atoms with Crippen molar-refractivity contribution in [2.75, 3.05) is 13.7 Å². The zero-order chi connectivity index (χ0) is 19.3. The number of hydrogen-bond donors (Lipinski definition) is 1. The van der Waals surface area contributed by atoms with Gasteiger partial charge in [0.05, 0.1) is 12.8 Å². The Morgan fingerprint density at radius 2 is 1.85 bits per heavy atom. The monoisotopic (exact) mass is 355 g/mol. The van der Waals surface area contributed by atoms with E-state index in [2.05, 4.69) is 4.98 Å². The molecule has 0 unspecified atom stereocenters. The van der Waals surface area contributed by atoms with Gasteiger partial charge in [-0.05, 0) is 38.5 Å². The predicted octanol–water partition coefficient (Wildman–Crippen LogP) is 3.28. The summed E-state index contributed by atoms with van der Waals surface area (Å²) in [5.74, 6) is -0.525. The number of aromatic amines is 1. The number of para-hydroxylation sites is 1. The van der Waals surface area contributed by atoms with E-state index in [1.807, 2.05) is 12.1 Å². The lowest BCUT2D eigenvalue weighted by Gasteiger charge is -2.04. The van der Waals surface area contributed by atoms with Crippen LogP contribution in [0.1, 0.15) is 44.6 Å². The summed E-state index contributed by atoms with van der Waals surface area (Å²) in [5, 5.41) is 0. The number of H-pyrrole nitrogens is 1. The number of aryl methyl sites for hydroxylation is 1. The molecule has 2 rings (SSSR count). The molecule has 0 saturated heterocycles. The SMILES string of the molecule is COc1ccccc1/C=C/C(=O)OCC(=O)c1[nH]c(C)c(C(C)=O)c1C. The van der Waals surface area contributed by atoms with E-state index >= 15 is 0 Å². The summed E-state index contributed by atoms with van der Waals surface area (Å²) in [6.07, 6.45) is 2.79. The van der Waals surface area contributed by atoms with Gasteiger partial charge in [0.15, 0.2) is 12.4 Å². The molecule has 0 aliphatic carbocycles. The number of nitrogens with one attached hydrogen (secondary N) is 1. The molecule has 0 bridgehead atoms. The van der Waals surface area contributed by atoms with Gasteiger partial charge >= 0.3 is 5.97 Å². The summed E-state index contributed by atoms with van der Waals surface area (Å²) in [5.41, 5.74) is 2.70. The fraction of sp³-hybridized carbons (Fsp3) is 0.250. The van der Waals surface area contributed by atoms with Crippen molar-refractivity contribution >= 4 is 23.6 Å². The van der Waals surface area contributed by atoms with E-state index in [9.17, 15) is 14.4 Å². The van der Waals surface area contributed by atoms with Gasteiger partial charge in [-0.25, -0.2) is 4.79 Å². The van der Waals surface area contributed by atoms with E-state index in [0.717, 1.165) is 5.56 Å². The standard InChI is InChI=1S/C20H21NO5/c1-12-19(14(3)22)13(2)21-20(12)16(23)11-26-18(24)10-9-15-7-5-6-8-17(15)25-4/h5-10,21H,11H2,1-4H3/b10-9+. The Bertz CT molecular complexity index is 876. The number of methoxy groups -OCH3 is 1. The van der Waals surface area contributed by atoms with Crippen LogP contribution < -0.4 is 4.74 Å². The first-order valence-corrected chi connectivity index (χ1v) is 8.06. The van der Waals surface area contributed by atoms with E-state index in [1.54, 1.807) is 39.2 Å². The predicted molar refractivity (Wildman–Crippen MR) is 97.6 cm³/mol. The van der Waals surface area contributed by atoms with Gasteiger partial charge in [0.1, 0.15) is 5.75 Å². The highest BCUT2D eigenvalue weighted by Gasteiger charge is 2.20. The molecule has 6 heteroatoms. The van der Waals surface area contributed by atoms with Crippen LogP contribution >= 0.6 is 0 Å². The van der Waals surface area contributed by atoms with E-state index in [0.29, 0.717) is 22.6 Å². The van der Waals surface area contributed by atoms with Crippen molar-refractivity contribution < 1.29 is 23.9 Å². The smallest absolute Gasteiger partial charge is 0.331 e. The molecule has 0 atom stereocenters. The topological polar surface area (TPSA) is 85.5 Å². The second-order valence-electron chi connectivity index (χ2n) is 5.79. The Kier molecular flexibility index (Phi) is 6.11. The Morgan fingerprint density at radius 3 is 2.46 bits per heavy atom. The lowest BCUT2D eigenvalue weighted by molar-refractivity contribution is -0.136. The van der Waals surface area contributed by atoms with Gasteiger partial charge in [-0.2, -0.15) is 0 Å². The van der Waals surface area contributed by atoms with Crippen molar-refractivity contribution in [3.8, 4) is 5.75 Å². The molecule has 0 fully saturated rings. The molecule has 0 amide bonds. The summed E-state index contributed by atoms with van der Waals surface area (Å²) >= 11 is 0. The van der Waals surface area contributed by atoms with Crippen LogP contribution in [0.3, 0.4) is 0 Å². The summed E-state index contributed by atoms with van der Waals surface area (Å²) in [6, 6.07) is 7.21. The number of Topliss-reactive ketones (excluding diaryl/α,β-unsaturated/α-hetero) is 2. The number of aromatic nitrogens is 1. The number of benzene rings is 1. The van der Waals surface area contributed by atoms with Crippen LogP contribution in [0.25, 0.3) is 6.08 Å². The van der Waals surface area contributed by atoms with E-state index < -0.39 is 18.4 Å². The van der Waals surface area contributed by atoms with Crippen molar-refractivity contribution in [3.63, 3.8) is 0 Å². The summed E-state index contributed by atoms with van der Waals surface area (Å²) in [4.78, 5) is 38.6. The van der Waals surface area contributed by atoms with Gasteiger partial charge in [0, 0.05) is 22.9 Å². The Morgan fingerprint density at radius 1 is 1.15 bits per heavy atom. The summed E-state index contributed by atoms with van der Waals surface area (Å²) in [6.45, 7) is 4.45. The zero-order valence-electron chi connectivity index (χ0n) is 15.2. The van der Waals surface area contributed by atoms with Crippen LogP contribution in [0.2, 0.25) is 0 Å². The highest BCUT2D eigenvalue weighted by atomic mass is 16.5. The Hall–Kier alpha value is -3.15. The first-order valence-electron chi connectivity index (χ1n) is 8.06. The Labute approximate surface area is 151 Å². The van der Waals surface area contributed by atoms with Gasteiger partial charge in [-0.15, -0.1) is 0 Å². The van der Waals surface area contributed by atoms with Crippen molar-refractivity contribution in [2.24, 2.45) is 0 Å². The maximum atomic E-state index is 12.3. The van der Waals surface area contributed by atoms with Crippen molar-refractivity contribution in [2.45, 2.75) is 20.8 Å². The number of ether oxygens (including phenoxy) is 2. The Balaban J connectivity index is 2.01. The van der Waals surface area contributed by atoms with Crippen LogP contribution in [0.4, 0.5) is 0 Å². The normalized spacial score (nSPS) is 10.8. The van der Waals surface area contributed by atoms with E-state index in [4.69, 9.17) is 9.47 Å². The van der Waals surface area contributed by atoms with Gasteiger partial charge in [0.2, 0.25) is 5.78 Å². The number of ketones is 2. The number of carbonyl (C=O) groups is 3. The third-order valence-electron chi connectivity index (χ3n) is 3.95. The van der Waals surface area contributed by atoms with Crippen molar-refractivity contribution in [1.29, 1.82) is 0 Å². The first-order chi connectivity index (χ1) is 12.3. The zero-order valence-corrected chi connectivity index (χ0v) is 15.2. The minimum absolute atomic E-state index is 0.118. The number of rotatable bonds is 7. The highest BCUT2D eigenvalue weighted by Crippen LogP contribution is 2.20. The molecule has 2 aromatic rings. The summed E-state index contributed by atoms with van der Waals surface area (Å²) in [7, 11) is 1.54. The highest BCUT2D eigenvalue weighted by molar-refractivity contribution is 6.04. The molecule has 1 heterocycles. The molecule has 6 nitrogen and oxygen atoms in total. The van der Waals surface area contributed by atoms with Crippen LogP contribution in [0.5, 0.6) is 5.75 Å². The van der Waals surface area contributed by atoms with Gasteiger partial charge < -0.3 is 14.5 Å². The van der Waals surface area contributed by atoms with Gasteiger partial charge in [-0.1, -0.05) is 18.2 Å². The molecular weight excluding hydrogens is 334 g/mol. The van der Waals surface area contributed by atoms with Crippen LogP contribution in [0.15, 0.2) is 30.3 Å². The molecule has 1 N–H and O–H groups in total. The van der Waals surface area contributed by atoms with Crippen LogP contribution in [-0.2, 0) is 9.53 Å². The molecule has 0 radical (unpaired) electrons. The average molecular weight is 355 g/mol. The van der Waals surface area contributed by atoms with Crippen molar-refractivity contribution in [1.82, 2.24) is 4.98 Å². The first kappa shape index (κ1) is 19.2. The van der Waals surface area contributed by atoms with Gasteiger partial charge in [-0.3, -0.25) is 9.59 Å². The molecule has 136 valence electrons. The van der Waals surface area contributed by atoms with Gasteiger partial charge in [0.25, 0.3) is 0 Å². The lowest BCUT2D eigenvalue weighted by atomic mass is 10.1. The fourth-order valence-electron chi connectivity index (χ4n) is 2.78. The molecule has 26 heavy (non-hydrogen) atoms. The molecule has 1 aromatic carbocycles. The second kappa shape index (κ2) is 8.29. The summed E-state index contributed by atoms with van der Waals surface area (Å²) < 4.78 is 10.2.